The third kappa shape index (κ3) is 2.53. The van der Waals surface area contributed by atoms with Gasteiger partial charge in [0, 0.05) is 43.0 Å². The van der Waals surface area contributed by atoms with Crippen LogP contribution in [0, 0.1) is 0 Å². The minimum absolute atomic E-state index is 0.0382. The first-order chi connectivity index (χ1) is 11.1. The van der Waals surface area contributed by atoms with Gasteiger partial charge in [-0.2, -0.15) is 0 Å². The first-order valence-electron chi connectivity index (χ1n) is 8.56. The second kappa shape index (κ2) is 5.64. The zero-order chi connectivity index (χ0) is 16.0. The van der Waals surface area contributed by atoms with Crippen LogP contribution in [0.25, 0.3) is 11.0 Å². The largest absolute Gasteiger partial charge is 0.349 e. The van der Waals surface area contributed by atoms with Gasteiger partial charge >= 0.3 is 0 Å². The number of rotatable bonds is 2. The van der Waals surface area contributed by atoms with Gasteiger partial charge in [0.25, 0.3) is 5.91 Å². The third-order valence-electron chi connectivity index (χ3n) is 5.65. The van der Waals surface area contributed by atoms with Gasteiger partial charge < -0.3 is 14.8 Å². The van der Waals surface area contributed by atoms with Crippen LogP contribution in [-0.2, 0) is 7.05 Å². The first kappa shape index (κ1) is 14.7. The van der Waals surface area contributed by atoms with Gasteiger partial charge in [-0.15, -0.1) is 0 Å². The molecule has 2 aromatic rings. The molecule has 0 aromatic carbocycles. The second-order valence-corrected chi connectivity index (χ2v) is 7.07. The van der Waals surface area contributed by atoms with E-state index in [1.807, 2.05) is 29.9 Å². The van der Waals surface area contributed by atoms with E-state index in [4.69, 9.17) is 0 Å². The summed E-state index contributed by atoms with van der Waals surface area (Å²) in [7, 11) is 4.18. The van der Waals surface area contributed by atoms with E-state index in [9.17, 15) is 4.79 Å². The fourth-order valence-corrected chi connectivity index (χ4v) is 4.39. The third-order valence-corrected chi connectivity index (χ3v) is 5.65. The zero-order valence-electron chi connectivity index (χ0n) is 13.8. The Bertz CT molecular complexity index is 724. The summed E-state index contributed by atoms with van der Waals surface area (Å²) < 4.78 is 1.92. The number of pyridine rings is 1. The molecule has 5 nitrogen and oxygen atoms in total. The number of nitrogens with zero attached hydrogens (tertiary/aromatic N) is 3. The quantitative estimate of drug-likeness (QED) is 0.926. The molecule has 5 heteroatoms. The number of carbonyl (C=O) groups excluding carboxylic acids is 1. The summed E-state index contributed by atoms with van der Waals surface area (Å²) in [6.45, 7) is 0. The molecule has 0 saturated carbocycles. The van der Waals surface area contributed by atoms with Gasteiger partial charge in [0.15, 0.2) is 0 Å². The number of amides is 1. The van der Waals surface area contributed by atoms with Crippen molar-refractivity contribution in [1.29, 1.82) is 0 Å². The number of carbonyl (C=O) groups is 1. The number of hydrogen-bond donors (Lipinski definition) is 1. The van der Waals surface area contributed by atoms with E-state index in [0.717, 1.165) is 29.4 Å². The maximum absolute atomic E-state index is 12.8. The van der Waals surface area contributed by atoms with Gasteiger partial charge in [0.05, 0.1) is 5.56 Å². The molecular weight excluding hydrogens is 288 g/mol. The minimum atomic E-state index is 0.0382. The Balaban J connectivity index is 1.54. The van der Waals surface area contributed by atoms with Crippen molar-refractivity contribution in [3.63, 3.8) is 0 Å². The van der Waals surface area contributed by atoms with E-state index < -0.39 is 0 Å². The molecule has 2 bridgehead atoms. The lowest BCUT2D eigenvalue weighted by Gasteiger charge is -2.47. The first-order valence-corrected chi connectivity index (χ1v) is 8.56. The Morgan fingerprint density at radius 2 is 2.00 bits per heavy atom. The molecule has 2 aliphatic heterocycles. The summed E-state index contributed by atoms with van der Waals surface area (Å²) in [5.74, 6) is 0.0382. The van der Waals surface area contributed by atoms with Crippen molar-refractivity contribution >= 4 is 16.9 Å². The molecule has 23 heavy (non-hydrogen) atoms. The standard InChI is InChI=1S/C18H24N4O/c1-21-11-16(15-7-4-8-19-17(15)21)18(23)20-12-9-13-5-3-6-14(10-12)22(13)2/h4,7-8,11-14H,3,5-6,9-10H2,1-2H3,(H,20,23)/t12?,13-,14+. The summed E-state index contributed by atoms with van der Waals surface area (Å²) in [6.07, 6.45) is 9.65. The van der Waals surface area contributed by atoms with E-state index in [0.29, 0.717) is 18.1 Å². The predicted molar refractivity (Wildman–Crippen MR) is 90.4 cm³/mol. The van der Waals surface area contributed by atoms with Crippen LogP contribution in [-0.4, -0.2) is 45.5 Å². The average molecular weight is 312 g/mol. The predicted octanol–water partition coefficient (Wildman–Crippen LogP) is 2.32. The monoisotopic (exact) mass is 312 g/mol. The molecule has 1 amide bonds. The highest BCUT2D eigenvalue weighted by Crippen LogP contribution is 2.32. The van der Waals surface area contributed by atoms with Crippen molar-refractivity contribution in [2.45, 2.75) is 50.2 Å². The number of piperidine rings is 2. The molecule has 0 aliphatic carbocycles. The Labute approximate surface area is 136 Å². The zero-order valence-corrected chi connectivity index (χ0v) is 13.8. The van der Waals surface area contributed by atoms with Crippen molar-refractivity contribution < 1.29 is 4.79 Å². The number of aryl methyl sites for hydroxylation is 1. The van der Waals surface area contributed by atoms with Gasteiger partial charge in [-0.1, -0.05) is 6.42 Å². The molecule has 2 aromatic heterocycles. The lowest BCUT2D eigenvalue weighted by molar-refractivity contribution is 0.0463. The van der Waals surface area contributed by atoms with Crippen LogP contribution in [0.5, 0.6) is 0 Å². The Morgan fingerprint density at radius 3 is 2.74 bits per heavy atom. The molecule has 3 atom stereocenters. The van der Waals surface area contributed by atoms with Gasteiger partial charge in [-0.25, -0.2) is 4.98 Å². The summed E-state index contributed by atoms with van der Waals surface area (Å²) in [5.41, 5.74) is 1.59. The van der Waals surface area contributed by atoms with Crippen LogP contribution >= 0.6 is 0 Å². The molecule has 0 spiro atoms. The SMILES string of the molecule is CN1[C@@H]2CCC[C@H]1CC(NC(=O)c1cn(C)c3ncccc13)C2. The van der Waals surface area contributed by atoms with Gasteiger partial charge in [0.2, 0.25) is 0 Å². The van der Waals surface area contributed by atoms with E-state index in [1.165, 1.54) is 19.3 Å². The van der Waals surface area contributed by atoms with Crippen LogP contribution in [0.15, 0.2) is 24.5 Å². The van der Waals surface area contributed by atoms with E-state index in [2.05, 4.69) is 22.2 Å². The lowest BCUT2D eigenvalue weighted by Crippen LogP contribution is -2.55. The molecule has 2 fully saturated rings. The van der Waals surface area contributed by atoms with Crippen molar-refractivity contribution in [3.05, 3.63) is 30.1 Å². The highest BCUT2D eigenvalue weighted by atomic mass is 16.1. The Hall–Kier alpha value is -1.88. The molecule has 2 saturated heterocycles. The van der Waals surface area contributed by atoms with Crippen molar-refractivity contribution in [3.8, 4) is 0 Å². The van der Waals surface area contributed by atoms with Crippen LogP contribution in [0.3, 0.4) is 0 Å². The minimum Gasteiger partial charge on any atom is -0.349 e. The normalized spacial score (nSPS) is 28.0. The number of aromatic nitrogens is 2. The smallest absolute Gasteiger partial charge is 0.253 e. The van der Waals surface area contributed by atoms with Gasteiger partial charge in [0.1, 0.15) is 5.65 Å². The fraction of sp³-hybridized carbons (Fsp3) is 0.556. The molecule has 1 N–H and O–H groups in total. The molecular formula is C18H24N4O. The highest BCUT2D eigenvalue weighted by Gasteiger charge is 2.36. The summed E-state index contributed by atoms with van der Waals surface area (Å²) in [4.78, 5) is 19.7. The second-order valence-electron chi connectivity index (χ2n) is 7.07. The molecule has 4 heterocycles. The topological polar surface area (TPSA) is 50.2 Å². The van der Waals surface area contributed by atoms with Crippen molar-refractivity contribution in [2.24, 2.45) is 7.05 Å². The number of nitrogens with one attached hydrogen (secondary N) is 1. The van der Waals surface area contributed by atoms with Crippen LogP contribution in [0.1, 0.15) is 42.5 Å². The molecule has 4 rings (SSSR count). The van der Waals surface area contributed by atoms with Crippen LogP contribution in [0.2, 0.25) is 0 Å². The van der Waals surface area contributed by atoms with Crippen LogP contribution in [0.4, 0.5) is 0 Å². The van der Waals surface area contributed by atoms with Gasteiger partial charge in [-0.3, -0.25) is 4.79 Å². The summed E-state index contributed by atoms with van der Waals surface area (Å²) in [6, 6.07) is 5.41. The Morgan fingerprint density at radius 1 is 1.26 bits per heavy atom. The highest BCUT2D eigenvalue weighted by molar-refractivity contribution is 6.06. The Kier molecular flexibility index (Phi) is 3.60. The van der Waals surface area contributed by atoms with Gasteiger partial charge in [-0.05, 0) is 44.9 Å². The molecule has 0 radical (unpaired) electrons. The molecule has 2 aliphatic rings. The average Bonchev–Trinajstić information content (AvgIpc) is 2.86. The fourth-order valence-electron chi connectivity index (χ4n) is 4.39. The van der Waals surface area contributed by atoms with E-state index in [-0.39, 0.29) is 5.91 Å². The summed E-state index contributed by atoms with van der Waals surface area (Å²) >= 11 is 0. The number of fused-ring (bicyclic) bond motifs is 3. The maximum Gasteiger partial charge on any atom is 0.253 e. The number of hydrogen-bond acceptors (Lipinski definition) is 3. The van der Waals surface area contributed by atoms with E-state index in [1.54, 1.807) is 6.20 Å². The van der Waals surface area contributed by atoms with Crippen molar-refractivity contribution in [2.75, 3.05) is 7.05 Å². The molecule has 122 valence electrons. The van der Waals surface area contributed by atoms with E-state index >= 15 is 0 Å². The van der Waals surface area contributed by atoms with Crippen LogP contribution < -0.4 is 5.32 Å². The molecule has 1 unspecified atom stereocenters. The van der Waals surface area contributed by atoms with Crippen molar-refractivity contribution in [1.82, 2.24) is 19.8 Å². The summed E-state index contributed by atoms with van der Waals surface area (Å²) in [5, 5.41) is 4.21. The lowest BCUT2D eigenvalue weighted by atomic mass is 9.82. The maximum atomic E-state index is 12.8.